The van der Waals surface area contributed by atoms with E-state index in [2.05, 4.69) is 0 Å². The number of Topliss-reactive ketones (excluding diaryl/α,β-unsaturated/α-hetero) is 2. The highest BCUT2D eigenvalue weighted by atomic mass is 35.5. The maximum Gasteiger partial charge on any atom is 0.275 e. The number of carbonyl (C=O) groups is 2. The second-order valence-electron chi connectivity index (χ2n) is 7.22. The maximum absolute atomic E-state index is 13.3. The molecule has 1 heterocycles. The second-order valence-corrected chi connectivity index (χ2v) is 8.00. The van der Waals surface area contributed by atoms with Crippen LogP contribution in [0, 0.1) is 18.8 Å². The first-order valence-corrected chi connectivity index (χ1v) is 9.89. The fraction of sp³-hybridized carbons (Fsp3) is 0.273. The molecule has 0 saturated carbocycles. The van der Waals surface area contributed by atoms with Crippen molar-refractivity contribution in [1.29, 1.82) is 0 Å². The number of nitroso groups, excluding NO2 is 1. The van der Waals surface area contributed by atoms with Gasteiger partial charge in [-0.15, -0.1) is 5.01 Å². The summed E-state index contributed by atoms with van der Waals surface area (Å²) < 4.78 is 0. The van der Waals surface area contributed by atoms with E-state index in [0.29, 0.717) is 21.0 Å². The predicted octanol–water partition coefficient (Wildman–Crippen LogP) is 5.35. The Morgan fingerprint density at radius 2 is 1.66 bits per heavy atom. The predicted molar refractivity (Wildman–Crippen MR) is 114 cm³/mol. The Bertz CT molecular complexity index is 1060. The van der Waals surface area contributed by atoms with Gasteiger partial charge in [0.15, 0.2) is 16.4 Å². The molecular formula is C22H21Cl2N2O3+. The first-order valence-electron chi connectivity index (χ1n) is 9.13. The van der Waals surface area contributed by atoms with Gasteiger partial charge in [0.1, 0.15) is 11.6 Å². The van der Waals surface area contributed by atoms with Gasteiger partial charge in [0.05, 0.1) is 17.0 Å². The number of likely N-dealkylation sites (N-methyl/N-ethyl adjacent to an activating group) is 1. The number of allylic oxidation sites excluding steroid dienone is 1. The van der Waals surface area contributed by atoms with Gasteiger partial charge in [0.25, 0.3) is 5.70 Å². The van der Waals surface area contributed by atoms with Crippen LogP contribution in [-0.4, -0.2) is 34.5 Å². The van der Waals surface area contributed by atoms with Gasteiger partial charge in [0.2, 0.25) is 0 Å². The Morgan fingerprint density at radius 1 is 1.03 bits per heavy atom. The molecule has 1 atom stereocenters. The van der Waals surface area contributed by atoms with E-state index in [9.17, 15) is 14.5 Å². The number of hydrogen-bond donors (Lipinski definition) is 0. The van der Waals surface area contributed by atoms with Crippen molar-refractivity contribution in [3.8, 4) is 0 Å². The summed E-state index contributed by atoms with van der Waals surface area (Å²) in [7, 11) is 1.57. The molecule has 0 saturated heterocycles. The average Bonchev–Trinajstić information content (AvgIpc) is 2.90. The maximum atomic E-state index is 13.3. The fourth-order valence-corrected chi connectivity index (χ4v) is 3.92. The lowest BCUT2D eigenvalue weighted by Gasteiger charge is -2.16. The van der Waals surface area contributed by atoms with E-state index in [-0.39, 0.29) is 39.8 Å². The van der Waals surface area contributed by atoms with E-state index in [4.69, 9.17) is 23.2 Å². The summed E-state index contributed by atoms with van der Waals surface area (Å²) in [6, 6.07) is 9.68. The summed E-state index contributed by atoms with van der Waals surface area (Å²) in [5.41, 5.74) is 2.96. The molecule has 29 heavy (non-hydrogen) atoms. The lowest BCUT2D eigenvalue weighted by atomic mass is 9.91. The van der Waals surface area contributed by atoms with Crippen LogP contribution in [0.15, 0.2) is 47.7 Å². The van der Waals surface area contributed by atoms with Crippen molar-refractivity contribution in [2.24, 2.45) is 0 Å². The average molecular weight is 432 g/mol. The van der Waals surface area contributed by atoms with Crippen LogP contribution in [0.3, 0.4) is 0 Å². The molecular weight excluding hydrogens is 411 g/mol. The smallest absolute Gasteiger partial charge is 0.275 e. The van der Waals surface area contributed by atoms with Crippen LogP contribution in [0.4, 0.5) is 0 Å². The van der Waals surface area contributed by atoms with E-state index < -0.39 is 6.04 Å². The zero-order chi connectivity index (χ0) is 21.5. The SMILES string of the molecule is CC1=C(C(=O)c2ccc(Cl)c(C)c2Cl)C(CC(=O)c2ccc(C)cc2)N(C)[N+]1=O. The van der Waals surface area contributed by atoms with E-state index in [1.54, 1.807) is 45.2 Å². The highest BCUT2D eigenvalue weighted by Gasteiger charge is 2.47. The molecule has 0 amide bonds. The third-order valence-electron chi connectivity index (χ3n) is 5.31. The molecule has 1 aliphatic rings. The number of benzene rings is 2. The first kappa shape index (κ1) is 21.2. The van der Waals surface area contributed by atoms with Gasteiger partial charge in [-0.25, -0.2) is 0 Å². The number of rotatable bonds is 5. The Hall–Kier alpha value is -2.50. The Labute approximate surface area is 179 Å². The first-order chi connectivity index (χ1) is 13.6. The normalized spacial score (nSPS) is 16.6. The summed E-state index contributed by atoms with van der Waals surface area (Å²) >= 11 is 12.4. The molecule has 5 nitrogen and oxygen atoms in total. The molecule has 0 radical (unpaired) electrons. The van der Waals surface area contributed by atoms with Crippen molar-refractivity contribution in [2.75, 3.05) is 7.05 Å². The molecule has 1 unspecified atom stereocenters. The largest absolute Gasteiger partial charge is 0.294 e. The van der Waals surface area contributed by atoms with E-state index in [1.807, 2.05) is 19.1 Å². The lowest BCUT2D eigenvalue weighted by molar-refractivity contribution is -0.656. The molecule has 0 fully saturated rings. The van der Waals surface area contributed by atoms with Gasteiger partial charge in [-0.1, -0.05) is 53.0 Å². The standard InChI is InChI=1S/C22H21Cl2N2O3/c1-12-5-7-15(8-6-12)19(27)11-18-20(14(3)26(29)25(18)4)22(28)16-9-10-17(23)13(2)21(16)24/h5-10,18H,11H2,1-4H3/q+1. The summed E-state index contributed by atoms with van der Waals surface area (Å²) in [5, 5.41) is 2.07. The highest BCUT2D eigenvalue weighted by Crippen LogP contribution is 2.34. The van der Waals surface area contributed by atoms with Crippen LogP contribution in [-0.2, 0) is 0 Å². The minimum atomic E-state index is -0.680. The minimum Gasteiger partial charge on any atom is -0.294 e. The van der Waals surface area contributed by atoms with Gasteiger partial charge in [-0.3, -0.25) is 9.59 Å². The lowest BCUT2D eigenvalue weighted by Crippen LogP contribution is -2.35. The quantitative estimate of drug-likeness (QED) is 0.472. The molecule has 1 aliphatic heterocycles. The van der Waals surface area contributed by atoms with Gasteiger partial charge in [-0.05, 0) is 31.5 Å². The van der Waals surface area contributed by atoms with Crippen molar-refractivity contribution in [2.45, 2.75) is 33.2 Å². The summed E-state index contributed by atoms with van der Waals surface area (Å²) in [4.78, 5) is 39.3. The molecule has 7 heteroatoms. The molecule has 2 aromatic rings. The van der Waals surface area contributed by atoms with Crippen molar-refractivity contribution >= 4 is 34.8 Å². The number of ketones is 2. The van der Waals surface area contributed by atoms with Crippen molar-refractivity contribution in [3.05, 3.63) is 84.9 Å². The molecule has 3 rings (SSSR count). The molecule has 150 valence electrons. The number of hydrogen-bond acceptors (Lipinski definition) is 3. The number of hydrazine groups is 1. The summed E-state index contributed by atoms with van der Waals surface area (Å²) in [6.07, 6.45) is 0.000898. The zero-order valence-corrected chi connectivity index (χ0v) is 18.1. The zero-order valence-electron chi connectivity index (χ0n) is 16.6. The Morgan fingerprint density at radius 3 is 2.28 bits per heavy atom. The molecule has 0 aliphatic carbocycles. The van der Waals surface area contributed by atoms with Gasteiger partial charge < -0.3 is 0 Å². The minimum absolute atomic E-state index is 0.000898. The molecule has 0 N–H and O–H groups in total. The van der Waals surface area contributed by atoms with E-state index in [0.717, 1.165) is 5.56 Å². The van der Waals surface area contributed by atoms with E-state index >= 15 is 0 Å². The van der Waals surface area contributed by atoms with Crippen LogP contribution in [0.5, 0.6) is 0 Å². The van der Waals surface area contributed by atoms with Crippen LogP contribution < -0.4 is 0 Å². The molecule has 0 spiro atoms. The van der Waals surface area contributed by atoms with E-state index in [1.165, 1.54) is 5.01 Å². The monoisotopic (exact) mass is 431 g/mol. The number of halogens is 2. The molecule has 2 aromatic carbocycles. The number of nitrogens with zero attached hydrogens (tertiary/aromatic N) is 2. The van der Waals surface area contributed by atoms with Crippen LogP contribution >= 0.6 is 23.2 Å². The van der Waals surface area contributed by atoms with Crippen LogP contribution in [0.25, 0.3) is 0 Å². The Kier molecular flexibility index (Phi) is 5.92. The third kappa shape index (κ3) is 3.85. The van der Waals surface area contributed by atoms with Crippen LogP contribution in [0.2, 0.25) is 10.0 Å². The number of aryl methyl sites for hydroxylation is 1. The fourth-order valence-electron chi connectivity index (χ4n) is 3.46. The Balaban J connectivity index is 1.98. The van der Waals surface area contributed by atoms with Crippen molar-refractivity contribution < 1.29 is 14.5 Å². The summed E-state index contributed by atoms with van der Waals surface area (Å²) in [6.45, 7) is 5.24. The molecule has 0 bridgehead atoms. The van der Waals surface area contributed by atoms with Gasteiger partial charge in [-0.2, -0.15) is 0 Å². The van der Waals surface area contributed by atoms with Gasteiger partial charge in [0, 0.05) is 29.5 Å². The topological polar surface area (TPSA) is 57.5 Å². The van der Waals surface area contributed by atoms with Gasteiger partial charge >= 0.3 is 0 Å². The summed E-state index contributed by atoms with van der Waals surface area (Å²) in [5.74, 6) is -0.521. The van der Waals surface area contributed by atoms with Crippen molar-refractivity contribution in [1.82, 2.24) is 5.01 Å². The highest BCUT2D eigenvalue weighted by molar-refractivity contribution is 6.38. The third-order valence-corrected chi connectivity index (χ3v) is 6.21. The molecule has 0 aromatic heterocycles. The van der Waals surface area contributed by atoms with Crippen LogP contribution in [0.1, 0.15) is 45.2 Å². The van der Waals surface area contributed by atoms with Crippen molar-refractivity contribution in [3.63, 3.8) is 0 Å². The number of carbonyl (C=O) groups excluding carboxylic acids is 2. The second kappa shape index (κ2) is 8.09.